The summed E-state index contributed by atoms with van der Waals surface area (Å²) in [7, 11) is 5.56. The molecule has 1 aliphatic carbocycles. The molecule has 2 aliphatic rings. The number of carbonyl (C=O) groups is 1. The van der Waals surface area contributed by atoms with Gasteiger partial charge in [-0.2, -0.15) is 0 Å². The molecule has 0 aromatic heterocycles. The summed E-state index contributed by atoms with van der Waals surface area (Å²) in [6.07, 6.45) is 4.06. The van der Waals surface area contributed by atoms with Crippen LogP contribution in [0.4, 0.5) is 4.79 Å². The Morgan fingerprint density at radius 3 is 2.56 bits per heavy atom. The maximum absolute atomic E-state index is 12.7. The third-order valence-corrected chi connectivity index (χ3v) is 7.47. The Kier molecular flexibility index (Phi) is 6.60. The summed E-state index contributed by atoms with van der Waals surface area (Å²) in [6.45, 7) is 3.07. The standard InChI is InChI=1S/C26H35N3O3/c1-18(19-8-6-5-7-9-19)27-25(30)28-21-12-13-26(14-15-29(2)24(26)17-21)20-10-11-22(31-3)23(16-20)32-4/h5-11,16,18,21,24H,12-15,17H2,1-4H3,(H2,27,28,30)/t18-,21?,24?,26?/m0/s1. The highest BCUT2D eigenvalue weighted by Crippen LogP contribution is 2.49. The number of benzene rings is 2. The minimum Gasteiger partial charge on any atom is -0.493 e. The van der Waals surface area contributed by atoms with E-state index in [-0.39, 0.29) is 23.5 Å². The van der Waals surface area contributed by atoms with E-state index >= 15 is 0 Å². The van der Waals surface area contributed by atoms with Crippen LogP contribution in [0.5, 0.6) is 11.5 Å². The Balaban J connectivity index is 1.45. The molecule has 2 aromatic carbocycles. The van der Waals surface area contributed by atoms with Crippen LogP contribution in [0.25, 0.3) is 0 Å². The zero-order chi connectivity index (χ0) is 22.7. The molecule has 1 heterocycles. The molecule has 2 N–H and O–H groups in total. The second kappa shape index (κ2) is 9.41. The van der Waals surface area contributed by atoms with Crippen molar-refractivity contribution in [3.05, 3.63) is 59.7 Å². The summed E-state index contributed by atoms with van der Waals surface area (Å²) in [4.78, 5) is 15.2. The molecule has 0 bridgehead atoms. The summed E-state index contributed by atoms with van der Waals surface area (Å²) < 4.78 is 11.0. The predicted molar refractivity (Wildman–Crippen MR) is 126 cm³/mol. The van der Waals surface area contributed by atoms with Gasteiger partial charge in [-0.25, -0.2) is 4.79 Å². The Morgan fingerprint density at radius 2 is 1.84 bits per heavy atom. The number of ether oxygens (including phenoxy) is 2. The van der Waals surface area contributed by atoms with E-state index in [2.05, 4.69) is 34.7 Å². The number of fused-ring (bicyclic) bond motifs is 1. The van der Waals surface area contributed by atoms with Crippen LogP contribution in [0, 0.1) is 0 Å². The van der Waals surface area contributed by atoms with Crippen LogP contribution in [0.3, 0.4) is 0 Å². The molecule has 1 saturated carbocycles. The lowest BCUT2D eigenvalue weighted by Gasteiger charge is -2.45. The summed E-state index contributed by atoms with van der Waals surface area (Å²) in [6, 6.07) is 16.8. The molecule has 32 heavy (non-hydrogen) atoms. The third kappa shape index (κ3) is 4.29. The van der Waals surface area contributed by atoms with E-state index in [1.54, 1.807) is 14.2 Å². The summed E-state index contributed by atoms with van der Waals surface area (Å²) in [5.74, 6) is 1.54. The molecule has 1 aliphatic heterocycles. The molecule has 0 radical (unpaired) electrons. The van der Waals surface area contributed by atoms with Crippen LogP contribution in [-0.4, -0.2) is 50.8 Å². The molecule has 4 atom stereocenters. The highest BCUT2D eigenvalue weighted by molar-refractivity contribution is 5.74. The molecular formula is C26H35N3O3. The van der Waals surface area contributed by atoms with Gasteiger partial charge in [0.1, 0.15) is 0 Å². The summed E-state index contributed by atoms with van der Waals surface area (Å²) >= 11 is 0. The predicted octanol–water partition coefficient (Wildman–Crippen LogP) is 4.26. The van der Waals surface area contributed by atoms with Crippen LogP contribution < -0.4 is 20.1 Å². The highest BCUT2D eigenvalue weighted by Gasteiger charge is 2.50. The number of likely N-dealkylation sites (tertiary alicyclic amines) is 1. The zero-order valence-corrected chi connectivity index (χ0v) is 19.6. The Hall–Kier alpha value is -2.73. The van der Waals surface area contributed by atoms with Gasteiger partial charge >= 0.3 is 6.03 Å². The quantitative estimate of drug-likeness (QED) is 0.709. The first-order valence-electron chi connectivity index (χ1n) is 11.5. The average molecular weight is 438 g/mol. The summed E-state index contributed by atoms with van der Waals surface area (Å²) in [5, 5.41) is 6.33. The fraction of sp³-hybridized carbons (Fsp3) is 0.500. The van der Waals surface area contributed by atoms with Crippen LogP contribution in [0.2, 0.25) is 0 Å². The van der Waals surface area contributed by atoms with Crippen LogP contribution in [0.1, 0.15) is 49.8 Å². The average Bonchev–Trinajstić information content (AvgIpc) is 3.16. The molecule has 1 saturated heterocycles. The van der Waals surface area contributed by atoms with Gasteiger partial charge in [0, 0.05) is 17.5 Å². The normalized spacial score (nSPS) is 26.1. The van der Waals surface area contributed by atoms with Crippen molar-refractivity contribution in [3.8, 4) is 11.5 Å². The Bertz CT molecular complexity index is 935. The smallest absolute Gasteiger partial charge is 0.315 e. The number of carbonyl (C=O) groups excluding carboxylic acids is 1. The Labute approximate surface area is 191 Å². The third-order valence-electron chi connectivity index (χ3n) is 7.47. The number of rotatable bonds is 6. The van der Waals surface area contributed by atoms with Crippen molar-refractivity contribution in [1.29, 1.82) is 0 Å². The maximum Gasteiger partial charge on any atom is 0.315 e. The van der Waals surface area contributed by atoms with E-state index in [1.165, 1.54) is 5.56 Å². The van der Waals surface area contributed by atoms with E-state index in [4.69, 9.17) is 9.47 Å². The lowest BCUT2D eigenvalue weighted by Crippen LogP contribution is -2.53. The molecular weight excluding hydrogens is 402 g/mol. The maximum atomic E-state index is 12.7. The number of methoxy groups -OCH3 is 2. The van der Waals surface area contributed by atoms with Gasteiger partial charge in [-0.05, 0) is 69.5 Å². The number of urea groups is 1. The van der Waals surface area contributed by atoms with Gasteiger partial charge in [-0.1, -0.05) is 36.4 Å². The number of nitrogens with zero attached hydrogens (tertiary/aromatic N) is 1. The van der Waals surface area contributed by atoms with Crippen molar-refractivity contribution in [2.45, 2.75) is 56.1 Å². The van der Waals surface area contributed by atoms with Crippen molar-refractivity contribution in [3.63, 3.8) is 0 Å². The second-order valence-electron chi connectivity index (χ2n) is 9.19. The van der Waals surface area contributed by atoms with E-state index in [0.29, 0.717) is 6.04 Å². The Morgan fingerprint density at radius 1 is 1.09 bits per heavy atom. The van der Waals surface area contributed by atoms with Crippen LogP contribution in [-0.2, 0) is 5.41 Å². The first kappa shape index (κ1) is 22.5. The minimum absolute atomic E-state index is 0.0280. The second-order valence-corrected chi connectivity index (χ2v) is 9.19. The van der Waals surface area contributed by atoms with Gasteiger partial charge in [-0.15, -0.1) is 0 Å². The number of nitrogens with one attached hydrogen (secondary N) is 2. The minimum atomic E-state index is -0.0920. The molecule has 0 spiro atoms. The first-order chi connectivity index (χ1) is 15.5. The van der Waals surface area contributed by atoms with Gasteiger partial charge < -0.3 is 25.0 Å². The van der Waals surface area contributed by atoms with E-state index in [1.807, 2.05) is 43.3 Å². The van der Waals surface area contributed by atoms with Gasteiger partial charge in [0.2, 0.25) is 0 Å². The van der Waals surface area contributed by atoms with Gasteiger partial charge in [0.05, 0.1) is 20.3 Å². The number of amides is 2. The molecule has 2 amide bonds. The molecule has 172 valence electrons. The van der Waals surface area contributed by atoms with Crippen molar-refractivity contribution in [2.24, 2.45) is 0 Å². The molecule has 4 rings (SSSR count). The van der Waals surface area contributed by atoms with Crippen LogP contribution in [0.15, 0.2) is 48.5 Å². The van der Waals surface area contributed by atoms with E-state index in [9.17, 15) is 4.79 Å². The molecule has 2 fully saturated rings. The van der Waals surface area contributed by atoms with Gasteiger partial charge in [0.15, 0.2) is 11.5 Å². The number of hydrogen-bond acceptors (Lipinski definition) is 4. The SMILES string of the molecule is COc1ccc(C23CCC(NC(=O)N[C@@H](C)c4ccccc4)CC2N(C)CC3)cc1OC. The van der Waals surface area contributed by atoms with Crippen molar-refractivity contribution in [1.82, 2.24) is 15.5 Å². The number of likely N-dealkylation sites (N-methyl/N-ethyl adjacent to an activating group) is 1. The highest BCUT2D eigenvalue weighted by atomic mass is 16.5. The van der Waals surface area contributed by atoms with Gasteiger partial charge in [-0.3, -0.25) is 0 Å². The molecule has 6 heteroatoms. The molecule has 3 unspecified atom stereocenters. The van der Waals surface area contributed by atoms with Crippen LogP contribution >= 0.6 is 0 Å². The lowest BCUT2D eigenvalue weighted by molar-refractivity contribution is 0.154. The fourth-order valence-corrected chi connectivity index (χ4v) is 5.64. The van der Waals surface area contributed by atoms with E-state index in [0.717, 1.165) is 49.3 Å². The van der Waals surface area contributed by atoms with Crippen molar-refractivity contribution < 1.29 is 14.3 Å². The topological polar surface area (TPSA) is 62.8 Å². The summed E-state index contributed by atoms with van der Waals surface area (Å²) in [5.41, 5.74) is 2.50. The van der Waals surface area contributed by atoms with E-state index < -0.39 is 0 Å². The zero-order valence-electron chi connectivity index (χ0n) is 19.6. The largest absolute Gasteiger partial charge is 0.493 e. The van der Waals surface area contributed by atoms with Crippen molar-refractivity contribution in [2.75, 3.05) is 27.8 Å². The lowest BCUT2D eigenvalue weighted by atomic mass is 9.65. The molecule has 6 nitrogen and oxygen atoms in total. The monoisotopic (exact) mass is 437 g/mol. The first-order valence-corrected chi connectivity index (χ1v) is 11.5. The molecule has 2 aromatic rings. The van der Waals surface area contributed by atoms with Gasteiger partial charge in [0.25, 0.3) is 0 Å². The van der Waals surface area contributed by atoms with Crippen molar-refractivity contribution >= 4 is 6.03 Å². The fourth-order valence-electron chi connectivity index (χ4n) is 5.64. The number of hydrogen-bond donors (Lipinski definition) is 2.